The average Bonchev–Trinajstić information content (AvgIpc) is 3.30. The summed E-state index contributed by atoms with van der Waals surface area (Å²) in [4.78, 5) is 12.4. The van der Waals surface area contributed by atoms with Gasteiger partial charge in [-0.15, -0.1) is 0 Å². The molecule has 4 aromatic rings. The number of hydrogen-bond acceptors (Lipinski definition) is 7. The van der Waals surface area contributed by atoms with E-state index in [9.17, 15) is 35.2 Å². The third-order valence-corrected chi connectivity index (χ3v) is 6.13. The number of benzene rings is 2. The molecule has 1 N–H and O–H groups in total. The Labute approximate surface area is 198 Å². The molecule has 0 saturated carbocycles. The van der Waals surface area contributed by atoms with E-state index in [2.05, 4.69) is 19.1 Å². The quantitative estimate of drug-likeness (QED) is 0.359. The van der Waals surface area contributed by atoms with E-state index in [1.54, 1.807) is 0 Å². The highest BCUT2D eigenvalue weighted by atomic mass is 32.2. The van der Waals surface area contributed by atoms with Crippen LogP contribution in [0.1, 0.15) is 0 Å². The van der Waals surface area contributed by atoms with Crippen molar-refractivity contribution in [2.24, 2.45) is 0 Å². The molecule has 2 aromatic heterocycles. The van der Waals surface area contributed by atoms with Gasteiger partial charge in [0, 0.05) is 23.6 Å². The van der Waals surface area contributed by atoms with E-state index in [4.69, 9.17) is 4.74 Å². The molecule has 0 amide bonds. The Morgan fingerprint density at radius 2 is 1.81 bits per heavy atom. The molecular weight excluding hydrogens is 517 g/mol. The summed E-state index contributed by atoms with van der Waals surface area (Å²) >= 11 is 0. The van der Waals surface area contributed by atoms with Crippen LogP contribution in [0.5, 0.6) is 11.5 Å². The number of fused-ring (bicyclic) bond motifs is 1. The van der Waals surface area contributed by atoms with Crippen molar-refractivity contribution in [1.82, 2.24) is 9.72 Å². The van der Waals surface area contributed by atoms with Gasteiger partial charge in [0.15, 0.2) is 29.8 Å². The van der Waals surface area contributed by atoms with Gasteiger partial charge in [-0.25, -0.2) is 17.2 Å². The van der Waals surface area contributed by atoms with E-state index in [0.29, 0.717) is 10.6 Å². The number of pyridine rings is 1. The summed E-state index contributed by atoms with van der Waals surface area (Å²) < 4.78 is 109. The maximum atomic E-state index is 14.6. The van der Waals surface area contributed by atoms with Gasteiger partial charge in [0.25, 0.3) is 15.6 Å². The second-order valence-corrected chi connectivity index (χ2v) is 8.88. The summed E-state index contributed by atoms with van der Waals surface area (Å²) in [5.74, 6) is -3.84. The van der Waals surface area contributed by atoms with E-state index < -0.39 is 45.7 Å². The van der Waals surface area contributed by atoms with Crippen molar-refractivity contribution in [2.45, 2.75) is 11.1 Å². The van der Waals surface area contributed by atoms with Gasteiger partial charge in [-0.05, 0) is 24.3 Å². The smallest absolute Gasteiger partial charge is 0.422 e. The fourth-order valence-electron chi connectivity index (χ4n) is 3.27. The van der Waals surface area contributed by atoms with Crippen LogP contribution in [0.3, 0.4) is 0 Å². The number of sulfonamides is 1. The predicted molar refractivity (Wildman–Crippen MR) is 115 cm³/mol. The second kappa shape index (κ2) is 9.14. The summed E-state index contributed by atoms with van der Waals surface area (Å²) in [6.07, 6.45) is -3.60. The van der Waals surface area contributed by atoms with Crippen molar-refractivity contribution >= 4 is 26.7 Å². The predicted octanol–water partition coefficient (Wildman–Crippen LogP) is 4.01. The number of methoxy groups -OCH3 is 1. The Bertz CT molecular complexity index is 1600. The largest absolute Gasteiger partial charge is 0.494 e. The summed E-state index contributed by atoms with van der Waals surface area (Å²) in [6, 6.07) is 6.77. The van der Waals surface area contributed by atoms with Crippen LogP contribution < -0.4 is 19.8 Å². The summed E-state index contributed by atoms with van der Waals surface area (Å²) in [5.41, 5.74) is -1.66. The van der Waals surface area contributed by atoms with E-state index in [0.717, 1.165) is 37.6 Å². The molecule has 190 valence electrons. The van der Waals surface area contributed by atoms with Crippen molar-refractivity contribution in [3.05, 3.63) is 70.7 Å². The van der Waals surface area contributed by atoms with Gasteiger partial charge in [-0.1, -0.05) is 5.16 Å². The second-order valence-electron chi connectivity index (χ2n) is 7.20. The first kappa shape index (κ1) is 25.0. The van der Waals surface area contributed by atoms with E-state index in [1.807, 2.05) is 0 Å². The van der Waals surface area contributed by atoms with E-state index in [-0.39, 0.29) is 33.1 Å². The van der Waals surface area contributed by atoms with Gasteiger partial charge in [-0.2, -0.15) is 13.2 Å². The topological polar surface area (TPSA) is 113 Å². The zero-order valence-corrected chi connectivity index (χ0v) is 18.8. The lowest BCUT2D eigenvalue weighted by Crippen LogP contribution is -2.23. The molecule has 0 radical (unpaired) electrons. The average molecular weight is 531 g/mol. The minimum absolute atomic E-state index is 0.0524. The number of anilines is 1. The molecule has 0 atom stereocenters. The lowest BCUT2D eigenvalue weighted by atomic mass is 10.2. The van der Waals surface area contributed by atoms with Crippen LogP contribution >= 0.6 is 0 Å². The number of aromatic nitrogens is 2. The maximum Gasteiger partial charge on any atom is 0.422 e. The molecule has 9 nitrogen and oxygen atoms in total. The third-order valence-electron chi connectivity index (χ3n) is 4.78. The number of halogens is 5. The Morgan fingerprint density at radius 3 is 2.44 bits per heavy atom. The zero-order valence-electron chi connectivity index (χ0n) is 18.0. The number of hydrogen-bond donors (Lipinski definition) is 1. The normalized spacial score (nSPS) is 12.1. The molecule has 36 heavy (non-hydrogen) atoms. The van der Waals surface area contributed by atoms with Crippen LogP contribution in [-0.4, -0.2) is 38.0 Å². The molecule has 0 bridgehead atoms. The van der Waals surface area contributed by atoms with E-state index >= 15 is 0 Å². The first-order valence-electron chi connectivity index (χ1n) is 9.75. The third kappa shape index (κ3) is 4.95. The standard InChI is InChI=1S/C21H14F5N3O6S/c1-33-18-9-17(34-10-21(24,25)26)13(22)8-16(18)29-15-3-2-12(6-11(15)7-14(23)20(29)30)36(31,32)28-19-4-5-35-27-19/h2-9H,10H2,1H3,(H,27,28). The minimum Gasteiger partial charge on any atom is -0.494 e. The minimum atomic E-state index is -4.74. The van der Waals surface area contributed by atoms with Gasteiger partial charge in [0.2, 0.25) is 0 Å². The first-order chi connectivity index (χ1) is 16.9. The Balaban J connectivity index is 1.85. The van der Waals surface area contributed by atoms with Crippen molar-refractivity contribution in [3.63, 3.8) is 0 Å². The molecule has 0 unspecified atom stereocenters. The van der Waals surface area contributed by atoms with Gasteiger partial charge in [-0.3, -0.25) is 14.1 Å². The Hall–Kier alpha value is -4.14. The molecule has 0 aliphatic rings. The molecule has 2 heterocycles. The first-order valence-corrected chi connectivity index (χ1v) is 11.2. The molecule has 4 rings (SSSR count). The summed E-state index contributed by atoms with van der Waals surface area (Å²) in [5, 5.41) is 3.36. The van der Waals surface area contributed by atoms with Crippen LogP contribution in [0.25, 0.3) is 16.6 Å². The van der Waals surface area contributed by atoms with Crippen molar-refractivity contribution < 1.29 is 44.4 Å². The molecule has 0 spiro atoms. The molecule has 15 heteroatoms. The number of rotatable bonds is 7. The van der Waals surface area contributed by atoms with Crippen molar-refractivity contribution in [3.8, 4) is 17.2 Å². The van der Waals surface area contributed by atoms with Crippen LogP contribution in [-0.2, 0) is 10.0 Å². The molecule has 0 fully saturated rings. The maximum absolute atomic E-state index is 14.6. The number of nitrogens with one attached hydrogen (secondary N) is 1. The number of ether oxygens (including phenoxy) is 2. The SMILES string of the molecule is COc1cc(OCC(F)(F)F)c(F)cc1-n1c(=O)c(F)cc2cc(S(=O)(=O)Nc3ccon3)ccc21. The highest BCUT2D eigenvalue weighted by molar-refractivity contribution is 7.92. The Morgan fingerprint density at radius 1 is 1.06 bits per heavy atom. The molecule has 0 saturated heterocycles. The molecule has 0 aliphatic heterocycles. The van der Waals surface area contributed by atoms with Crippen molar-refractivity contribution in [2.75, 3.05) is 18.4 Å². The highest BCUT2D eigenvalue weighted by Crippen LogP contribution is 2.33. The van der Waals surface area contributed by atoms with Gasteiger partial charge in [0.05, 0.1) is 23.2 Å². The Kier molecular flexibility index (Phi) is 6.34. The number of alkyl halides is 3. The summed E-state index contributed by atoms with van der Waals surface area (Å²) in [6.45, 7) is -1.78. The fraction of sp³-hybridized carbons (Fsp3) is 0.143. The van der Waals surface area contributed by atoms with Gasteiger partial charge < -0.3 is 14.0 Å². The molecule has 0 aliphatic carbocycles. The van der Waals surface area contributed by atoms with Gasteiger partial charge in [0.1, 0.15) is 12.0 Å². The van der Waals surface area contributed by atoms with Crippen molar-refractivity contribution in [1.29, 1.82) is 0 Å². The van der Waals surface area contributed by atoms with Crippen LogP contribution in [0.4, 0.5) is 27.8 Å². The van der Waals surface area contributed by atoms with Crippen LogP contribution in [0.15, 0.2) is 62.9 Å². The van der Waals surface area contributed by atoms with E-state index in [1.165, 1.54) is 12.1 Å². The van der Waals surface area contributed by atoms with Gasteiger partial charge >= 0.3 is 6.18 Å². The highest BCUT2D eigenvalue weighted by Gasteiger charge is 2.29. The lowest BCUT2D eigenvalue weighted by Gasteiger charge is -2.17. The monoisotopic (exact) mass is 531 g/mol. The number of nitrogens with zero attached hydrogens (tertiary/aromatic N) is 2. The van der Waals surface area contributed by atoms with Crippen LogP contribution in [0, 0.1) is 11.6 Å². The van der Waals surface area contributed by atoms with Crippen LogP contribution in [0.2, 0.25) is 0 Å². The molecular formula is C21H14F5N3O6S. The fourth-order valence-corrected chi connectivity index (χ4v) is 4.29. The lowest BCUT2D eigenvalue weighted by molar-refractivity contribution is -0.153. The zero-order chi connectivity index (χ0) is 26.3. The summed E-state index contributed by atoms with van der Waals surface area (Å²) in [7, 11) is -3.10. The molecule has 2 aromatic carbocycles.